The van der Waals surface area contributed by atoms with E-state index in [9.17, 15) is 9.59 Å². The van der Waals surface area contributed by atoms with Gasteiger partial charge in [-0.15, -0.1) is 0 Å². The zero-order chi connectivity index (χ0) is 35.6. The summed E-state index contributed by atoms with van der Waals surface area (Å²) < 4.78 is 19.6. The normalized spacial score (nSPS) is 17.2. The van der Waals surface area contributed by atoms with Gasteiger partial charge in [0.05, 0.1) is 54.7 Å². The highest BCUT2D eigenvalue weighted by atomic mass is 16.6. The molecule has 3 unspecified atom stereocenters. The van der Waals surface area contributed by atoms with E-state index in [1.165, 1.54) is 7.11 Å². The van der Waals surface area contributed by atoms with Crippen LogP contribution in [0.1, 0.15) is 65.1 Å². The lowest BCUT2D eigenvalue weighted by atomic mass is 9.76. The number of methoxy groups -OCH3 is 1. The third-order valence-electron chi connectivity index (χ3n) is 9.45. The smallest absolute Gasteiger partial charge is 0.419 e. The number of nitrogens with zero attached hydrogens (tertiary/aromatic N) is 2. The number of aromatic nitrogens is 1. The van der Waals surface area contributed by atoms with Crippen LogP contribution >= 0.6 is 0 Å². The number of carbonyl (C=O) groups excluding carboxylic acids is 2. The van der Waals surface area contributed by atoms with Gasteiger partial charge in [-0.25, -0.2) is 14.2 Å². The molecule has 0 bridgehead atoms. The second-order valence-corrected chi connectivity index (χ2v) is 13.8. The molecule has 1 aliphatic heterocycles. The maximum Gasteiger partial charge on any atom is 0.419 e. The number of esters is 1. The van der Waals surface area contributed by atoms with E-state index < -0.39 is 29.2 Å². The second-order valence-electron chi connectivity index (χ2n) is 13.8. The lowest BCUT2D eigenvalue weighted by Crippen LogP contribution is -2.40. The standard InChI is InChI=1S/C44H42N2O5/c1-43(2,3)51-42(48)45-36-28-18-17-27-35(36)38(41(47)49-4)40(45)39-37(30-50-29-31-19-9-5-10-20-31)46(39)44(32-21-11-6-12-22-32,33-23-13-7-14-24-33)34-25-15-8-16-26-34/h5-28,37,39H,29-30H2,1-4H3. The predicted molar refractivity (Wildman–Crippen MR) is 199 cm³/mol. The molecular weight excluding hydrogens is 636 g/mol. The molecule has 7 rings (SSSR count). The van der Waals surface area contributed by atoms with Crippen LogP contribution in [0.5, 0.6) is 0 Å². The molecule has 1 aromatic heterocycles. The molecule has 7 nitrogen and oxygen atoms in total. The Balaban J connectivity index is 1.51. The molecule has 3 atom stereocenters. The zero-order valence-electron chi connectivity index (χ0n) is 29.4. The monoisotopic (exact) mass is 678 g/mol. The Labute approximate surface area is 299 Å². The summed E-state index contributed by atoms with van der Waals surface area (Å²) in [6.07, 6.45) is -0.565. The summed E-state index contributed by atoms with van der Waals surface area (Å²) in [5.74, 6) is -0.524. The number of hydrogen-bond acceptors (Lipinski definition) is 6. The van der Waals surface area contributed by atoms with E-state index in [4.69, 9.17) is 14.2 Å². The van der Waals surface area contributed by atoms with Crippen LogP contribution in [0.25, 0.3) is 10.9 Å². The summed E-state index contributed by atoms with van der Waals surface area (Å²) >= 11 is 0. The van der Waals surface area contributed by atoms with Gasteiger partial charge in [0, 0.05) is 5.39 Å². The van der Waals surface area contributed by atoms with Gasteiger partial charge in [-0.1, -0.05) is 140 Å². The van der Waals surface area contributed by atoms with Crippen molar-refractivity contribution in [3.05, 3.63) is 179 Å². The summed E-state index contributed by atoms with van der Waals surface area (Å²) in [5.41, 5.74) is 3.96. The van der Waals surface area contributed by atoms with Crippen molar-refractivity contribution in [2.24, 2.45) is 0 Å². The van der Waals surface area contributed by atoms with E-state index >= 15 is 0 Å². The minimum Gasteiger partial charge on any atom is -0.465 e. The Kier molecular flexibility index (Phi) is 9.34. The lowest BCUT2D eigenvalue weighted by molar-refractivity contribution is 0.0537. The summed E-state index contributed by atoms with van der Waals surface area (Å²) in [4.78, 5) is 30.7. The average Bonchev–Trinajstić information content (AvgIpc) is 3.74. The molecule has 258 valence electrons. The van der Waals surface area contributed by atoms with Crippen molar-refractivity contribution in [2.75, 3.05) is 13.7 Å². The van der Waals surface area contributed by atoms with E-state index in [1.54, 1.807) is 4.57 Å². The van der Waals surface area contributed by atoms with E-state index in [0.29, 0.717) is 35.4 Å². The van der Waals surface area contributed by atoms with Crippen LogP contribution in [0.4, 0.5) is 4.79 Å². The van der Waals surface area contributed by atoms with Crippen molar-refractivity contribution in [1.29, 1.82) is 0 Å². The Morgan fingerprint density at radius 2 is 1.16 bits per heavy atom. The largest absolute Gasteiger partial charge is 0.465 e. The molecule has 5 aromatic carbocycles. The molecule has 2 heterocycles. The Morgan fingerprint density at radius 3 is 1.67 bits per heavy atom. The lowest BCUT2D eigenvalue weighted by Gasteiger charge is -2.39. The molecule has 0 amide bonds. The molecule has 0 N–H and O–H groups in total. The van der Waals surface area contributed by atoms with E-state index in [2.05, 4.69) is 41.3 Å². The molecule has 1 saturated heterocycles. The van der Waals surface area contributed by atoms with Crippen molar-refractivity contribution < 1.29 is 23.8 Å². The molecule has 0 spiro atoms. The maximum atomic E-state index is 14.4. The van der Waals surface area contributed by atoms with Crippen LogP contribution in [0.2, 0.25) is 0 Å². The van der Waals surface area contributed by atoms with Gasteiger partial charge in [0.1, 0.15) is 5.60 Å². The molecule has 0 saturated carbocycles. The maximum absolute atomic E-state index is 14.4. The highest BCUT2D eigenvalue weighted by molar-refractivity contribution is 6.09. The molecule has 51 heavy (non-hydrogen) atoms. The summed E-state index contributed by atoms with van der Waals surface area (Å²) in [6, 6.07) is 47.9. The van der Waals surface area contributed by atoms with Gasteiger partial charge >= 0.3 is 12.1 Å². The minimum absolute atomic E-state index is 0.275. The van der Waals surface area contributed by atoms with Gasteiger partial charge in [-0.05, 0) is 49.1 Å². The minimum atomic E-state index is -0.849. The highest BCUT2D eigenvalue weighted by Gasteiger charge is 2.63. The van der Waals surface area contributed by atoms with Crippen molar-refractivity contribution in [1.82, 2.24) is 9.47 Å². The van der Waals surface area contributed by atoms with Crippen molar-refractivity contribution in [3.8, 4) is 0 Å². The topological polar surface area (TPSA) is 69.8 Å². The van der Waals surface area contributed by atoms with Gasteiger partial charge in [0.15, 0.2) is 0 Å². The van der Waals surface area contributed by atoms with Gasteiger partial charge in [0.2, 0.25) is 0 Å². The number of para-hydroxylation sites is 1. The van der Waals surface area contributed by atoms with Gasteiger partial charge in [0.25, 0.3) is 0 Å². The predicted octanol–water partition coefficient (Wildman–Crippen LogP) is 9.15. The first kappa shape index (κ1) is 34.0. The molecule has 6 aromatic rings. The van der Waals surface area contributed by atoms with Crippen molar-refractivity contribution in [3.63, 3.8) is 0 Å². The van der Waals surface area contributed by atoms with Crippen LogP contribution in [-0.4, -0.2) is 46.9 Å². The van der Waals surface area contributed by atoms with Crippen molar-refractivity contribution >= 4 is 23.0 Å². The van der Waals surface area contributed by atoms with Crippen LogP contribution in [0.15, 0.2) is 146 Å². The fraction of sp³-hybridized carbons (Fsp3) is 0.227. The number of fused-ring (bicyclic) bond motifs is 1. The average molecular weight is 679 g/mol. The number of hydrogen-bond donors (Lipinski definition) is 0. The SMILES string of the molecule is COC(=O)c1c(C2C(COCc3ccccc3)N2C(c2ccccc2)(c2ccccc2)c2ccccc2)n(C(=O)OC(C)(C)C)c2ccccc12. The Bertz CT molecular complexity index is 2030. The summed E-state index contributed by atoms with van der Waals surface area (Å²) in [5, 5.41) is 0.616. The number of benzene rings is 5. The fourth-order valence-electron chi connectivity index (χ4n) is 7.44. The Hall–Kier alpha value is -5.50. The van der Waals surface area contributed by atoms with E-state index in [1.807, 2.05) is 130 Å². The molecule has 0 aliphatic carbocycles. The first-order chi connectivity index (χ1) is 24.8. The van der Waals surface area contributed by atoms with Crippen LogP contribution in [0, 0.1) is 0 Å². The Morgan fingerprint density at radius 1 is 0.667 bits per heavy atom. The third-order valence-corrected chi connectivity index (χ3v) is 9.45. The first-order valence-corrected chi connectivity index (χ1v) is 17.3. The van der Waals surface area contributed by atoms with E-state index in [0.717, 1.165) is 22.3 Å². The third kappa shape index (κ3) is 6.35. The number of rotatable bonds is 10. The quantitative estimate of drug-likeness (QED) is 0.0818. The van der Waals surface area contributed by atoms with Crippen LogP contribution in [-0.2, 0) is 26.4 Å². The first-order valence-electron chi connectivity index (χ1n) is 17.3. The van der Waals surface area contributed by atoms with Gasteiger partial charge in [-0.2, -0.15) is 0 Å². The zero-order valence-corrected chi connectivity index (χ0v) is 29.4. The van der Waals surface area contributed by atoms with Gasteiger partial charge in [-0.3, -0.25) is 4.90 Å². The molecular formula is C44H42N2O5. The summed E-state index contributed by atoms with van der Waals surface area (Å²) in [7, 11) is 1.37. The molecule has 7 heteroatoms. The number of carbonyl (C=O) groups is 2. The molecule has 0 radical (unpaired) electrons. The summed E-state index contributed by atoms with van der Waals surface area (Å²) in [6.45, 7) is 6.25. The van der Waals surface area contributed by atoms with E-state index in [-0.39, 0.29) is 6.04 Å². The van der Waals surface area contributed by atoms with Crippen molar-refractivity contribution in [2.45, 2.75) is 50.6 Å². The number of ether oxygens (including phenoxy) is 3. The van der Waals surface area contributed by atoms with Crippen LogP contribution in [0.3, 0.4) is 0 Å². The highest BCUT2D eigenvalue weighted by Crippen LogP contribution is 2.59. The van der Waals surface area contributed by atoms with Gasteiger partial charge < -0.3 is 14.2 Å². The molecule has 1 fully saturated rings. The molecule has 1 aliphatic rings. The second kappa shape index (κ2) is 14.0. The fourth-order valence-corrected chi connectivity index (χ4v) is 7.44. The van der Waals surface area contributed by atoms with Crippen LogP contribution < -0.4 is 0 Å².